The molecule has 2 bridgehead atoms. The number of aryl methyl sites for hydroxylation is 1. The van der Waals surface area contributed by atoms with E-state index >= 15 is 0 Å². The van der Waals surface area contributed by atoms with Crippen LogP contribution in [0.1, 0.15) is 65.6 Å². The lowest BCUT2D eigenvalue weighted by Gasteiger charge is -2.37. The van der Waals surface area contributed by atoms with Gasteiger partial charge in [0.15, 0.2) is 11.4 Å². The highest BCUT2D eigenvalue weighted by atomic mass is 16.5. The van der Waals surface area contributed by atoms with E-state index in [1.54, 1.807) is 11.8 Å². The Morgan fingerprint density at radius 1 is 1.15 bits per heavy atom. The first-order valence-electron chi connectivity index (χ1n) is 12.1. The zero-order valence-electron chi connectivity index (χ0n) is 19.4. The number of ether oxygens (including phenoxy) is 2. The van der Waals surface area contributed by atoms with E-state index < -0.39 is 5.97 Å². The predicted octanol–water partition coefficient (Wildman–Crippen LogP) is 3.30. The summed E-state index contributed by atoms with van der Waals surface area (Å²) >= 11 is 0. The number of imidazole rings is 1. The van der Waals surface area contributed by atoms with Gasteiger partial charge in [0.05, 0.1) is 19.5 Å². The molecule has 33 heavy (non-hydrogen) atoms. The number of rotatable bonds is 3. The summed E-state index contributed by atoms with van der Waals surface area (Å²) in [7, 11) is 0. The highest BCUT2D eigenvalue weighted by Crippen LogP contribution is 2.23. The molecule has 3 heterocycles. The number of aromatic nitrogens is 2. The van der Waals surface area contributed by atoms with Crippen molar-refractivity contribution in [2.24, 2.45) is 0 Å². The van der Waals surface area contributed by atoms with E-state index in [9.17, 15) is 9.59 Å². The van der Waals surface area contributed by atoms with Gasteiger partial charge in [-0.1, -0.05) is 18.6 Å². The van der Waals surface area contributed by atoms with Gasteiger partial charge in [0, 0.05) is 25.7 Å². The lowest BCUT2D eigenvalue weighted by atomic mass is 9.95. The molecule has 1 amide bonds. The minimum Gasteiger partial charge on any atom is -0.494 e. The molecule has 1 unspecified atom stereocenters. The molecule has 1 aromatic carbocycles. The molecule has 0 saturated carbocycles. The van der Waals surface area contributed by atoms with Gasteiger partial charge in [-0.3, -0.25) is 9.69 Å². The number of fused-ring (bicyclic) bond motifs is 3. The number of nitrogens with one attached hydrogen (secondary N) is 1. The summed E-state index contributed by atoms with van der Waals surface area (Å²) in [6.07, 6.45) is 7.83. The average molecular weight is 455 g/mol. The summed E-state index contributed by atoms with van der Waals surface area (Å²) in [5.74, 6) is 0.0709. The average Bonchev–Trinajstić information content (AvgIpc) is 3.33. The van der Waals surface area contributed by atoms with Crippen molar-refractivity contribution in [3.8, 4) is 5.75 Å². The van der Waals surface area contributed by atoms with Crippen molar-refractivity contribution in [1.82, 2.24) is 19.8 Å². The van der Waals surface area contributed by atoms with E-state index in [1.165, 1.54) is 31.2 Å². The van der Waals surface area contributed by atoms with Crippen molar-refractivity contribution in [2.45, 2.75) is 51.5 Å². The van der Waals surface area contributed by atoms with Crippen LogP contribution in [0.4, 0.5) is 0 Å². The topological polar surface area (TPSA) is 87.8 Å². The quantitative estimate of drug-likeness (QED) is 0.716. The first-order chi connectivity index (χ1) is 16.2. The lowest BCUT2D eigenvalue weighted by Crippen LogP contribution is -2.46. The Bertz CT molecular complexity index is 944. The standard InChI is InChI=1S/C25H34N4O4/c1-2-32-25(31)23-22(26-18-27-23)24(30)29-13-6-16-33-21-9-5-7-19(17-21)10-11-20-8-3-4-12-28(20)14-15-29/h5,7,9,17-18,20H,2-4,6,8,10-16H2,1H3,(H,26,27). The van der Waals surface area contributed by atoms with Gasteiger partial charge >= 0.3 is 5.97 Å². The van der Waals surface area contributed by atoms with Gasteiger partial charge in [-0.2, -0.15) is 0 Å². The van der Waals surface area contributed by atoms with E-state index in [4.69, 9.17) is 9.47 Å². The maximum Gasteiger partial charge on any atom is 0.357 e. The third-order valence-corrected chi connectivity index (χ3v) is 6.52. The van der Waals surface area contributed by atoms with Crippen molar-refractivity contribution in [1.29, 1.82) is 0 Å². The fourth-order valence-corrected chi connectivity index (χ4v) is 4.78. The molecule has 0 aliphatic carbocycles. The van der Waals surface area contributed by atoms with Crippen LogP contribution in [0.25, 0.3) is 0 Å². The monoisotopic (exact) mass is 454 g/mol. The molecule has 178 valence electrons. The van der Waals surface area contributed by atoms with Gasteiger partial charge in [-0.25, -0.2) is 9.78 Å². The fourth-order valence-electron chi connectivity index (χ4n) is 4.78. The molecule has 8 heteroatoms. The van der Waals surface area contributed by atoms with E-state index in [-0.39, 0.29) is 23.9 Å². The molecular weight excluding hydrogens is 420 g/mol. The Balaban J connectivity index is 1.53. The lowest BCUT2D eigenvalue weighted by molar-refractivity contribution is 0.0509. The Morgan fingerprint density at radius 2 is 2.06 bits per heavy atom. The van der Waals surface area contributed by atoms with Crippen LogP contribution in [-0.4, -0.2) is 77.1 Å². The van der Waals surface area contributed by atoms with Crippen LogP contribution in [0.5, 0.6) is 5.75 Å². The molecule has 2 aliphatic rings. The van der Waals surface area contributed by atoms with Gasteiger partial charge in [0.1, 0.15) is 5.75 Å². The second-order valence-electron chi connectivity index (χ2n) is 8.71. The van der Waals surface area contributed by atoms with Gasteiger partial charge in [0.25, 0.3) is 5.91 Å². The molecule has 8 nitrogen and oxygen atoms in total. The summed E-state index contributed by atoms with van der Waals surface area (Å²) in [5, 5.41) is 0. The summed E-state index contributed by atoms with van der Waals surface area (Å²) in [5.41, 5.74) is 1.56. The smallest absolute Gasteiger partial charge is 0.357 e. The molecule has 1 N–H and O–H groups in total. The molecule has 2 aromatic rings. The number of amides is 1. The maximum absolute atomic E-state index is 13.4. The van der Waals surface area contributed by atoms with Crippen LogP contribution in [-0.2, 0) is 11.2 Å². The summed E-state index contributed by atoms with van der Waals surface area (Å²) in [4.78, 5) is 36.9. The van der Waals surface area contributed by atoms with E-state index in [0.29, 0.717) is 32.2 Å². The van der Waals surface area contributed by atoms with Crippen LogP contribution in [0.3, 0.4) is 0 Å². The van der Waals surface area contributed by atoms with Gasteiger partial charge < -0.3 is 19.4 Å². The van der Waals surface area contributed by atoms with Crippen molar-refractivity contribution >= 4 is 11.9 Å². The van der Waals surface area contributed by atoms with Crippen molar-refractivity contribution in [3.63, 3.8) is 0 Å². The number of carbonyl (C=O) groups excluding carboxylic acids is 2. The molecule has 0 spiro atoms. The van der Waals surface area contributed by atoms with Gasteiger partial charge in [-0.15, -0.1) is 0 Å². The predicted molar refractivity (Wildman–Crippen MR) is 125 cm³/mol. The zero-order valence-corrected chi connectivity index (χ0v) is 19.4. The number of H-pyrrole nitrogens is 1. The van der Waals surface area contributed by atoms with Crippen LogP contribution in [0.2, 0.25) is 0 Å². The Hall–Kier alpha value is -2.87. The number of piperidine rings is 1. The summed E-state index contributed by atoms with van der Waals surface area (Å²) in [6, 6.07) is 8.87. The molecule has 1 fully saturated rings. The van der Waals surface area contributed by atoms with E-state index in [2.05, 4.69) is 33.1 Å². The van der Waals surface area contributed by atoms with Crippen LogP contribution in [0, 0.1) is 0 Å². The normalized spacial score (nSPS) is 20.3. The summed E-state index contributed by atoms with van der Waals surface area (Å²) < 4.78 is 11.1. The zero-order chi connectivity index (χ0) is 23.0. The highest BCUT2D eigenvalue weighted by molar-refractivity contribution is 6.02. The number of esters is 1. The number of benzene rings is 1. The first kappa shape index (κ1) is 23.3. The van der Waals surface area contributed by atoms with E-state index in [1.807, 2.05) is 6.07 Å². The minimum atomic E-state index is -0.556. The highest BCUT2D eigenvalue weighted by Gasteiger charge is 2.28. The molecule has 1 aromatic heterocycles. The number of carbonyl (C=O) groups is 2. The van der Waals surface area contributed by atoms with Crippen LogP contribution in [0.15, 0.2) is 30.6 Å². The number of nitrogens with zero attached hydrogens (tertiary/aromatic N) is 3. The Morgan fingerprint density at radius 3 is 2.94 bits per heavy atom. The van der Waals surface area contributed by atoms with Gasteiger partial charge in [-0.05, 0) is 63.3 Å². The Kier molecular flexibility index (Phi) is 7.99. The number of hydrogen-bond acceptors (Lipinski definition) is 6. The molecule has 0 radical (unpaired) electrons. The third kappa shape index (κ3) is 5.93. The molecule has 1 saturated heterocycles. The fraction of sp³-hybridized carbons (Fsp3) is 0.560. The SMILES string of the molecule is CCOC(=O)c1[nH]cnc1C(=O)N1CCCOc2cccc(c2)CCC2CCCCN2CC1. The van der Waals surface area contributed by atoms with Crippen LogP contribution < -0.4 is 4.74 Å². The Labute approximate surface area is 195 Å². The van der Waals surface area contributed by atoms with Crippen molar-refractivity contribution < 1.29 is 19.1 Å². The second kappa shape index (κ2) is 11.3. The first-order valence-corrected chi connectivity index (χ1v) is 12.1. The molecular formula is C25H34N4O4. The second-order valence-corrected chi connectivity index (χ2v) is 8.71. The van der Waals surface area contributed by atoms with Crippen molar-refractivity contribution in [2.75, 3.05) is 39.4 Å². The van der Waals surface area contributed by atoms with Crippen molar-refractivity contribution in [3.05, 3.63) is 47.5 Å². The number of hydrogen-bond donors (Lipinski definition) is 1. The van der Waals surface area contributed by atoms with Gasteiger partial charge in [0.2, 0.25) is 0 Å². The largest absolute Gasteiger partial charge is 0.494 e. The minimum absolute atomic E-state index is 0.116. The van der Waals surface area contributed by atoms with Crippen LogP contribution >= 0.6 is 0 Å². The molecule has 2 aliphatic heterocycles. The third-order valence-electron chi connectivity index (χ3n) is 6.52. The molecule has 4 rings (SSSR count). The van der Waals surface area contributed by atoms with E-state index in [0.717, 1.165) is 31.7 Å². The maximum atomic E-state index is 13.4. The molecule has 1 atom stereocenters. The number of aromatic amines is 1. The summed E-state index contributed by atoms with van der Waals surface area (Å²) in [6.45, 7) is 5.50.